The van der Waals surface area contributed by atoms with Crippen molar-refractivity contribution >= 4 is 12.2 Å². The van der Waals surface area contributed by atoms with Crippen LogP contribution in [0, 0.1) is 0 Å². The first-order valence-electron chi connectivity index (χ1n) is 3.36. The summed E-state index contributed by atoms with van der Waals surface area (Å²) in [4.78, 5) is 18.1. The van der Waals surface area contributed by atoms with Gasteiger partial charge in [-0.1, -0.05) is 0 Å². The van der Waals surface area contributed by atoms with Crippen LogP contribution in [0.2, 0.25) is 0 Å². The number of nitrogens with zero attached hydrogens (tertiary/aromatic N) is 2. The van der Waals surface area contributed by atoms with Crippen molar-refractivity contribution in [3.8, 4) is 5.88 Å². The summed E-state index contributed by atoms with van der Waals surface area (Å²) in [6.45, 7) is 0. The molecule has 0 saturated heterocycles. The van der Waals surface area contributed by atoms with E-state index < -0.39 is 0 Å². The topological polar surface area (TPSA) is 64.1 Å². The number of anilines is 1. The summed E-state index contributed by atoms with van der Waals surface area (Å²) >= 11 is 0. The molecule has 0 aliphatic carbocycles. The Bertz CT molecular complexity index is 266. The Kier molecular flexibility index (Phi) is 2.57. The molecule has 0 atom stereocenters. The molecule has 0 aliphatic rings. The normalized spacial score (nSPS) is 9.17. The van der Waals surface area contributed by atoms with E-state index in [0.717, 1.165) is 0 Å². The third-order valence-electron chi connectivity index (χ3n) is 1.28. The highest BCUT2D eigenvalue weighted by Crippen LogP contribution is 2.09. The first-order valence-corrected chi connectivity index (χ1v) is 3.36. The van der Waals surface area contributed by atoms with Crippen molar-refractivity contribution in [2.24, 2.45) is 0 Å². The van der Waals surface area contributed by atoms with Gasteiger partial charge in [-0.15, -0.1) is 0 Å². The fraction of sp³-hybridized carbons (Fsp3) is 0.286. The smallest absolute Gasteiger partial charge is 0.226 e. The van der Waals surface area contributed by atoms with E-state index in [2.05, 4.69) is 15.3 Å². The average molecular weight is 167 g/mol. The monoisotopic (exact) mass is 167 g/mol. The number of carbonyl (C=O) groups excluding carboxylic acids is 1. The lowest BCUT2D eigenvalue weighted by Crippen LogP contribution is -2.01. The Morgan fingerprint density at radius 1 is 1.58 bits per heavy atom. The SMILES string of the molecule is CNc1nc(C=O)cc(OC)n1. The maximum atomic E-state index is 10.4. The number of rotatable bonds is 3. The molecule has 0 aromatic carbocycles. The van der Waals surface area contributed by atoms with Gasteiger partial charge in [-0.05, 0) is 0 Å². The predicted molar refractivity (Wildman–Crippen MR) is 43.5 cm³/mol. The fourth-order valence-corrected chi connectivity index (χ4v) is 0.719. The van der Waals surface area contributed by atoms with Gasteiger partial charge in [0.15, 0.2) is 6.29 Å². The third-order valence-corrected chi connectivity index (χ3v) is 1.28. The standard InChI is InChI=1S/C7H9N3O2/c1-8-7-9-5(4-11)3-6(10-7)12-2/h3-4H,1-2H3,(H,8,9,10). The molecule has 0 saturated carbocycles. The number of aldehydes is 1. The number of carbonyl (C=O) groups is 1. The molecule has 5 nitrogen and oxygen atoms in total. The fourth-order valence-electron chi connectivity index (χ4n) is 0.719. The van der Waals surface area contributed by atoms with Gasteiger partial charge in [0.05, 0.1) is 7.11 Å². The molecule has 0 spiro atoms. The second-order valence-electron chi connectivity index (χ2n) is 2.03. The second kappa shape index (κ2) is 3.66. The van der Waals surface area contributed by atoms with Gasteiger partial charge in [0.2, 0.25) is 11.8 Å². The van der Waals surface area contributed by atoms with E-state index in [1.807, 2.05) is 0 Å². The van der Waals surface area contributed by atoms with Crippen LogP contribution >= 0.6 is 0 Å². The van der Waals surface area contributed by atoms with Crippen molar-refractivity contribution < 1.29 is 9.53 Å². The molecule has 1 heterocycles. The van der Waals surface area contributed by atoms with Crippen LogP contribution in [0.1, 0.15) is 10.5 Å². The Labute approximate surface area is 69.8 Å². The van der Waals surface area contributed by atoms with Crippen molar-refractivity contribution in [1.29, 1.82) is 0 Å². The van der Waals surface area contributed by atoms with Crippen LogP contribution < -0.4 is 10.1 Å². The zero-order chi connectivity index (χ0) is 8.97. The molecule has 0 amide bonds. The molecule has 0 fully saturated rings. The molecule has 0 radical (unpaired) electrons. The Morgan fingerprint density at radius 3 is 2.83 bits per heavy atom. The molecule has 1 rings (SSSR count). The summed E-state index contributed by atoms with van der Waals surface area (Å²) < 4.78 is 4.85. The summed E-state index contributed by atoms with van der Waals surface area (Å²) in [5.41, 5.74) is 0.297. The summed E-state index contributed by atoms with van der Waals surface area (Å²) in [6, 6.07) is 1.47. The van der Waals surface area contributed by atoms with Crippen LogP contribution in [-0.4, -0.2) is 30.4 Å². The van der Waals surface area contributed by atoms with Gasteiger partial charge < -0.3 is 10.1 Å². The first kappa shape index (κ1) is 8.45. The Morgan fingerprint density at radius 2 is 2.33 bits per heavy atom. The van der Waals surface area contributed by atoms with Gasteiger partial charge in [-0.25, -0.2) is 4.98 Å². The molecule has 12 heavy (non-hydrogen) atoms. The van der Waals surface area contributed by atoms with E-state index in [4.69, 9.17) is 4.74 Å². The molecular formula is C7H9N3O2. The first-order chi connectivity index (χ1) is 5.80. The Balaban J connectivity index is 3.09. The van der Waals surface area contributed by atoms with Crippen molar-refractivity contribution in [3.05, 3.63) is 11.8 Å². The minimum Gasteiger partial charge on any atom is -0.481 e. The Hall–Kier alpha value is -1.65. The third kappa shape index (κ3) is 1.69. The zero-order valence-corrected chi connectivity index (χ0v) is 6.87. The highest BCUT2D eigenvalue weighted by atomic mass is 16.5. The number of nitrogens with one attached hydrogen (secondary N) is 1. The average Bonchev–Trinajstić information content (AvgIpc) is 2.16. The van der Waals surface area contributed by atoms with Crippen molar-refractivity contribution in [3.63, 3.8) is 0 Å². The molecular weight excluding hydrogens is 158 g/mol. The van der Waals surface area contributed by atoms with E-state index in [0.29, 0.717) is 23.8 Å². The zero-order valence-electron chi connectivity index (χ0n) is 6.87. The second-order valence-corrected chi connectivity index (χ2v) is 2.03. The highest BCUT2D eigenvalue weighted by molar-refractivity contribution is 5.72. The minimum absolute atomic E-state index is 0.297. The van der Waals surface area contributed by atoms with E-state index in [1.165, 1.54) is 13.2 Å². The van der Waals surface area contributed by atoms with Crippen LogP contribution in [0.15, 0.2) is 6.07 Å². The van der Waals surface area contributed by atoms with E-state index in [-0.39, 0.29) is 0 Å². The van der Waals surface area contributed by atoms with Gasteiger partial charge in [-0.3, -0.25) is 4.79 Å². The summed E-state index contributed by atoms with van der Waals surface area (Å²) in [6.07, 6.45) is 0.644. The predicted octanol–water partition coefficient (Wildman–Crippen LogP) is 0.339. The molecule has 0 aliphatic heterocycles. The summed E-state index contributed by atoms with van der Waals surface area (Å²) in [5.74, 6) is 0.743. The maximum Gasteiger partial charge on any atom is 0.226 e. The number of ether oxygens (including phenoxy) is 1. The van der Waals surface area contributed by atoms with Crippen LogP contribution in [-0.2, 0) is 0 Å². The van der Waals surface area contributed by atoms with Gasteiger partial charge in [-0.2, -0.15) is 4.98 Å². The van der Waals surface area contributed by atoms with Crippen LogP contribution in [0.3, 0.4) is 0 Å². The molecule has 1 aromatic heterocycles. The molecule has 5 heteroatoms. The maximum absolute atomic E-state index is 10.4. The molecule has 1 aromatic rings. The number of hydrogen-bond acceptors (Lipinski definition) is 5. The molecule has 64 valence electrons. The van der Waals surface area contributed by atoms with Gasteiger partial charge >= 0.3 is 0 Å². The van der Waals surface area contributed by atoms with Crippen molar-refractivity contribution in [2.75, 3.05) is 19.5 Å². The number of aromatic nitrogens is 2. The molecule has 1 N–H and O–H groups in total. The van der Waals surface area contributed by atoms with Gasteiger partial charge in [0.1, 0.15) is 5.69 Å². The van der Waals surface area contributed by atoms with Crippen molar-refractivity contribution in [1.82, 2.24) is 9.97 Å². The van der Waals surface area contributed by atoms with E-state index in [9.17, 15) is 4.79 Å². The van der Waals surface area contributed by atoms with E-state index in [1.54, 1.807) is 7.05 Å². The van der Waals surface area contributed by atoms with Crippen molar-refractivity contribution in [2.45, 2.75) is 0 Å². The number of hydrogen-bond donors (Lipinski definition) is 1. The van der Waals surface area contributed by atoms with E-state index >= 15 is 0 Å². The molecule has 0 bridgehead atoms. The lowest BCUT2D eigenvalue weighted by atomic mass is 10.4. The lowest BCUT2D eigenvalue weighted by Gasteiger charge is -2.02. The largest absolute Gasteiger partial charge is 0.481 e. The number of methoxy groups -OCH3 is 1. The van der Waals surface area contributed by atoms with Gasteiger partial charge in [0.25, 0.3) is 0 Å². The quantitative estimate of drug-likeness (QED) is 0.657. The lowest BCUT2D eigenvalue weighted by molar-refractivity contribution is 0.111. The van der Waals surface area contributed by atoms with Crippen LogP contribution in [0.25, 0.3) is 0 Å². The van der Waals surface area contributed by atoms with Gasteiger partial charge in [0, 0.05) is 13.1 Å². The molecule has 0 unspecified atom stereocenters. The summed E-state index contributed by atoms with van der Waals surface area (Å²) in [5, 5.41) is 2.72. The van der Waals surface area contributed by atoms with Crippen LogP contribution in [0.5, 0.6) is 5.88 Å². The minimum atomic E-state index is 0.297. The van der Waals surface area contributed by atoms with Crippen LogP contribution in [0.4, 0.5) is 5.95 Å². The highest BCUT2D eigenvalue weighted by Gasteiger charge is 2.01. The summed E-state index contributed by atoms with van der Waals surface area (Å²) in [7, 11) is 3.15.